The molecule has 4 heteroatoms. The zero-order valence-corrected chi connectivity index (χ0v) is 15.8. The molecule has 3 rings (SSSR count). The molecule has 1 N–H and O–H groups in total. The highest BCUT2D eigenvalue weighted by atomic mass is 16.5. The van der Waals surface area contributed by atoms with E-state index < -0.39 is 0 Å². The Balaban J connectivity index is 1.94. The van der Waals surface area contributed by atoms with Crippen molar-refractivity contribution in [2.45, 2.75) is 40.5 Å². The van der Waals surface area contributed by atoms with Crippen LogP contribution in [0, 0.1) is 20.8 Å². The van der Waals surface area contributed by atoms with E-state index >= 15 is 0 Å². The second kappa shape index (κ2) is 7.65. The number of carbonyl (C=O) groups excluding carboxylic acids is 1. The number of hydrogen-bond donors (Lipinski definition) is 1. The number of para-hydroxylation sites is 1. The molecule has 0 atom stereocenters. The molecular formula is C22H25NO3. The van der Waals surface area contributed by atoms with Crippen molar-refractivity contribution >= 4 is 22.6 Å². The van der Waals surface area contributed by atoms with Gasteiger partial charge in [0.1, 0.15) is 17.1 Å². The third-order valence-electron chi connectivity index (χ3n) is 4.55. The molecule has 1 amide bonds. The van der Waals surface area contributed by atoms with Gasteiger partial charge in [-0.1, -0.05) is 31.5 Å². The molecule has 26 heavy (non-hydrogen) atoms. The maximum Gasteiger partial charge on any atom is 0.259 e. The van der Waals surface area contributed by atoms with Crippen LogP contribution in [0.25, 0.3) is 11.0 Å². The van der Waals surface area contributed by atoms with Crippen LogP contribution in [0.2, 0.25) is 0 Å². The van der Waals surface area contributed by atoms with Gasteiger partial charge in [-0.2, -0.15) is 0 Å². The van der Waals surface area contributed by atoms with Crippen LogP contribution in [0.15, 0.2) is 40.8 Å². The Bertz CT molecular complexity index is 920. The number of furan rings is 1. The first-order chi connectivity index (χ1) is 12.5. The fraction of sp³-hybridized carbons (Fsp3) is 0.318. The lowest BCUT2D eigenvalue weighted by atomic mass is 10.1. The van der Waals surface area contributed by atoms with Gasteiger partial charge < -0.3 is 14.5 Å². The van der Waals surface area contributed by atoms with Crippen molar-refractivity contribution in [1.29, 1.82) is 0 Å². The number of rotatable bonds is 6. The third-order valence-corrected chi connectivity index (χ3v) is 4.55. The Labute approximate surface area is 154 Å². The molecule has 0 fully saturated rings. The number of anilines is 1. The number of benzene rings is 2. The molecule has 0 aliphatic heterocycles. The molecule has 3 aromatic rings. The number of unbranched alkanes of at least 4 members (excludes halogenated alkanes) is 1. The number of ether oxygens (including phenoxy) is 1. The summed E-state index contributed by atoms with van der Waals surface area (Å²) < 4.78 is 11.6. The average Bonchev–Trinajstić information content (AvgIpc) is 2.93. The Hall–Kier alpha value is -2.75. The number of amides is 1. The standard InChI is InChI=1S/C22H25NO3/c1-5-6-12-25-17-10-11-19-18(13-17)20(16(4)26-19)22(24)23-21-14(2)8-7-9-15(21)3/h7-11,13H,5-6,12H2,1-4H3,(H,23,24). The van der Waals surface area contributed by atoms with Gasteiger partial charge in [-0.05, 0) is 56.5 Å². The smallest absolute Gasteiger partial charge is 0.259 e. The molecule has 0 aliphatic rings. The quantitative estimate of drug-likeness (QED) is 0.572. The Morgan fingerprint density at radius 1 is 1.12 bits per heavy atom. The molecule has 1 aromatic heterocycles. The second-order valence-corrected chi connectivity index (χ2v) is 6.61. The zero-order valence-electron chi connectivity index (χ0n) is 15.8. The van der Waals surface area contributed by atoms with E-state index in [1.807, 2.05) is 57.2 Å². The van der Waals surface area contributed by atoms with E-state index in [-0.39, 0.29) is 5.91 Å². The van der Waals surface area contributed by atoms with Crippen LogP contribution >= 0.6 is 0 Å². The lowest BCUT2D eigenvalue weighted by Gasteiger charge is -2.11. The van der Waals surface area contributed by atoms with Gasteiger partial charge in [0, 0.05) is 11.1 Å². The Kier molecular flexibility index (Phi) is 5.31. The van der Waals surface area contributed by atoms with Gasteiger partial charge in [0.25, 0.3) is 5.91 Å². The molecule has 0 radical (unpaired) electrons. The van der Waals surface area contributed by atoms with Crippen molar-refractivity contribution in [3.8, 4) is 5.75 Å². The molecule has 0 aliphatic carbocycles. The van der Waals surface area contributed by atoms with Crippen molar-refractivity contribution in [2.24, 2.45) is 0 Å². The first-order valence-corrected chi connectivity index (χ1v) is 9.04. The summed E-state index contributed by atoms with van der Waals surface area (Å²) in [7, 11) is 0. The van der Waals surface area contributed by atoms with E-state index in [1.54, 1.807) is 0 Å². The van der Waals surface area contributed by atoms with E-state index in [9.17, 15) is 4.79 Å². The molecule has 1 heterocycles. The maximum atomic E-state index is 13.0. The number of hydrogen-bond acceptors (Lipinski definition) is 3. The van der Waals surface area contributed by atoms with Crippen molar-refractivity contribution in [3.63, 3.8) is 0 Å². The first kappa shape index (κ1) is 18.1. The SMILES string of the molecule is CCCCOc1ccc2oc(C)c(C(=O)Nc3c(C)cccc3C)c2c1. The highest BCUT2D eigenvalue weighted by Gasteiger charge is 2.20. The van der Waals surface area contributed by atoms with Crippen molar-refractivity contribution in [2.75, 3.05) is 11.9 Å². The Morgan fingerprint density at radius 2 is 1.85 bits per heavy atom. The monoisotopic (exact) mass is 351 g/mol. The summed E-state index contributed by atoms with van der Waals surface area (Å²) in [6, 6.07) is 11.6. The summed E-state index contributed by atoms with van der Waals surface area (Å²) in [5, 5.41) is 3.82. The topological polar surface area (TPSA) is 51.5 Å². The minimum atomic E-state index is -0.163. The molecule has 0 bridgehead atoms. The van der Waals surface area contributed by atoms with Gasteiger partial charge in [-0.3, -0.25) is 4.79 Å². The van der Waals surface area contributed by atoms with E-state index in [4.69, 9.17) is 9.15 Å². The van der Waals surface area contributed by atoms with E-state index in [0.717, 1.165) is 40.8 Å². The summed E-state index contributed by atoms with van der Waals surface area (Å²) in [4.78, 5) is 13.0. The third kappa shape index (κ3) is 3.59. The van der Waals surface area contributed by atoms with Crippen LogP contribution in [0.1, 0.15) is 47.0 Å². The van der Waals surface area contributed by atoms with E-state index in [0.29, 0.717) is 23.5 Å². The first-order valence-electron chi connectivity index (χ1n) is 9.04. The fourth-order valence-electron chi connectivity index (χ4n) is 3.09. The average molecular weight is 351 g/mol. The van der Waals surface area contributed by atoms with Gasteiger partial charge in [0.15, 0.2) is 0 Å². The van der Waals surface area contributed by atoms with Gasteiger partial charge in [0.2, 0.25) is 0 Å². The summed E-state index contributed by atoms with van der Waals surface area (Å²) in [5.74, 6) is 1.20. The van der Waals surface area contributed by atoms with Crippen molar-refractivity contribution in [1.82, 2.24) is 0 Å². The number of carbonyl (C=O) groups is 1. The summed E-state index contributed by atoms with van der Waals surface area (Å²) in [6.07, 6.45) is 2.08. The highest BCUT2D eigenvalue weighted by molar-refractivity contribution is 6.13. The molecule has 0 saturated carbocycles. The lowest BCUT2D eigenvalue weighted by Crippen LogP contribution is -2.14. The number of nitrogens with one attached hydrogen (secondary N) is 1. The van der Waals surface area contributed by atoms with Crippen molar-refractivity contribution in [3.05, 3.63) is 58.8 Å². The van der Waals surface area contributed by atoms with Crippen molar-refractivity contribution < 1.29 is 13.9 Å². The Morgan fingerprint density at radius 3 is 2.54 bits per heavy atom. The number of aryl methyl sites for hydroxylation is 3. The fourth-order valence-corrected chi connectivity index (χ4v) is 3.09. The van der Waals surface area contributed by atoms with Crippen LogP contribution in [-0.2, 0) is 0 Å². The zero-order chi connectivity index (χ0) is 18.7. The van der Waals surface area contributed by atoms with Crippen LogP contribution in [-0.4, -0.2) is 12.5 Å². The molecule has 0 unspecified atom stereocenters. The largest absolute Gasteiger partial charge is 0.494 e. The predicted molar refractivity (Wildman–Crippen MR) is 105 cm³/mol. The summed E-state index contributed by atoms with van der Waals surface area (Å²) >= 11 is 0. The molecular weight excluding hydrogens is 326 g/mol. The molecule has 4 nitrogen and oxygen atoms in total. The normalized spacial score (nSPS) is 10.9. The van der Waals surface area contributed by atoms with Crippen LogP contribution in [0.5, 0.6) is 5.75 Å². The maximum absolute atomic E-state index is 13.0. The lowest BCUT2D eigenvalue weighted by molar-refractivity contribution is 0.102. The van der Waals surface area contributed by atoms with Gasteiger partial charge >= 0.3 is 0 Å². The number of fused-ring (bicyclic) bond motifs is 1. The minimum Gasteiger partial charge on any atom is -0.494 e. The highest BCUT2D eigenvalue weighted by Crippen LogP contribution is 2.30. The van der Waals surface area contributed by atoms with E-state index in [2.05, 4.69) is 12.2 Å². The minimum absolute atomic E-state index is 0.163. The summed E-state index contributed by atoms with van der Waals surface area (Å²) in [5.41, 5.74) is 4.17. The molecule has 2 aromatic carbocycles. The van der Waals surface area contributed by atoms with Crippen LogP contribution < -0.4 is 10.1 Å². The molecule has 0 spiro atoms. The predicted octanol–water partition coefficient (Wildman–Crippen LogP) is 5.79. The second-order valence-electron chi connectivity index (χ2n) is 6.61. The van der Waals surface area contributed by atoms with Crippen LogP contribution in [0.3, 0.4) is 0 Å². The van der Waals surface area contributed by atoms with Gasteiger partial charge in [-0.15, -0.1) is 0 Å². The molecule has 0 saturated heterocycles. The summed E-state index contributed by atoms with van der Waals surface area (Å²) in [6.45, 7) is 8.59. The van der Waals surface area contributed by atoms with Crippen LogP contribution in [0.4, 0.5) is 5.69 Å². The van der Waals surface area contributed by atoms with E-state index in [1.165, 1.54) is 0 Å². The van der Waals surface area contributed by atoms with Gasteiger partial charge in [0.05, 0.1) is 12.2 Å². The molecule has 136 valence electrons. The van der Waals surface area contributed by atoms with Gasteiger partial charge in [-0.25, -0.2) is 0 Å².